The number of hydrogen-bond acceptors (Lipinski definition) is 2. The number of thioether (sulfide) groups is 1. The third-order valence-electron chi connectivity index (χ3n) is 2.94. The van der Waals surface area contributed by atoms with Crippen molar-refractivity contribution in [2.24, 2.45) is 5.73 Å². The SMILES string of the molecule is Cc1cccc2c1CSC(C)C[C@H]2N. The zero-order valence-electron chi connectivity index (χ0n) is 8.79. The number of benzene rings is 1. The third kappa shape index (κ3) is 1.82. The Hall–Kier alpha value is -0.470. The number of fused-ring (bicyclic) bond motifs is 1. The molecule has 0 aliphatic carbocycles. The molecule has 14 heavy (non-hydrogen) atoms. The average molecular weight is 207 g/mol. The molecule has 1 aliphatic heterocycles. The van der Waals surface area contributed by atoms with Crippen molar-refractivity contribution in [3.8, 4) is 0 Å². The fraction of sp³-hybridized carbons (Fsp3) is 0.500. The summed E-state index contributed by atoms with van der Waals surface area (Å²) in [4.78, 5) is 0. The molecule has 2 atom stereocenters. The highest BCUT2D eigenvalue weighted by atomic mass is 32.2. The molecule has 0 spiro atoms. The molecule has 2 heteroatoms. The molecule has 1 heterocycles. The van der Waals surface area contributed by atoms with Gasteiger partial charge in [0.1, 0.15) is 0 Å². The molecule has 2 N–H and O–H groups in total. The van der Waals surface area contributed by atoms with Crippen LogP contribution in [0.1, 0.15) is 36.1 Å². The molecule has 1 aromatic carbocycles. The van der Waals surface area contributed by atoms with Gasteiger partial charge >= 0.3 is 0 Å². The monoisotopic (exact) mass is 207 g/mol. The molecule has 2 rings (SSSR count). The summed E-state index contributed by atoms with van der Waals surface area (Å²) in [6.45, 7) is 4.45. The lowest BCUT2D eigenvalue weighted by atomic mass is 9.95. The van der Waals surface area contributed by atoms with Crippen molar-refractivity contribution in [1.29, 1.82) is 0 Å². The van der Waals surface area contributed by atoms with Crippen molar-refractivity contribution in [2.75, 3.05) is 0 Å². The Labute approximate surface area is 90.1 Å². The van der Waals surface area contributed by atoms with Gasteiger partial charge in [-0.05, 0) is 30.0 Å². The first-order valence-corrected chi connectivity index (χ1v) is 6.19. The van der Waals surface area contributed by atoms with Crippen LogP contribution < -0.4 is 5.73 Å². The van der Waals surface area contributed by atoms with E-state index in [1.807, 2.05) is 11.8 Å². The van der Waals surface area contributed by atoms with Crippen LogP contribution in [0, 0.1) is 6.92 Å². The molecule has 1 unspecified atom stereocenters. The number of aryl methyl sites for hydroxylation is 1. The van der Waals surface area contributed by atoms with Gasteiger partial charge < -0.3 is 5.73 Å². The van der Waals surface area contributed by atoms with Gasteiger partial charge in [-0.15, -0.1) is 0 Å². The Morgan fingerprint density at radius 3 is 3.00 bits per heavy atom. The number of hydrogen-bond donors (Lipinski definition) is 1. The Morgan fingerprint density at radius 2 is 2.21 bits per heavy atom. The van der Waals surface area contributed by atoms with E-state index < -0.39 is 0 Å². The van der Waals surface area contributed by atoms with Crippen LogP contribution in [0.4, 0.5) is 0 Å². The molecule has 0 aromatic heterocycles. The normalized spacial score (nSPS) is 26.8. The van der Waals surface area contributed by atoms with Crippen molar-refractivity contribution in [2.45, 2.75) is 37.3 Å². The molecular weight excluding hydrogens is 190 g/mol. The van der Waals surface area contributed by atoms with Crippen LogP contribution in [-0.2, 0) is 5.75 Å². The minimum atomic E-state index is 0.231. The summed E-state index contributed by atoms with van der Waals surface area (Å²) in [6.07, 6.45) is 1.10. The summed E-state index contributed by atoms with van der Waals surface area (Å²) >= 11 is 2.02. The van der Waals surface area contributed by atoms with Crippen molar-refractivity contribution < 1.29 is 0 Å². The van der Waals surface area contributed by atoms with E-state index >= 15 is 0 Å². The van der Waals surface area contributed by atoms with Gasteiger partial charge in [0.2, 0.25) is 0 Å². The summed E-state index contributed by atoms with van der Waals surface area (Å²) in [7, 11) is 0. The van der Waals surface area contributed by atoms with Gasteiger partial charge in [-0.25, -0.2) is 0 Å². The van der Waals surface area contributed by atoms with E-state index in [1.165, 1.54) is 16.7 Å². The molecular formula is C12H17NS. The van der Waals surface area contributed by atoms with E-state index in [2.05, 4.69) is 32.0 Å². The van der Waals surface area contributed by atoms with Gasteiger partial charge in [0.25, 0.3) is 0 Å². The van der Waals surface area contributed by atoms with Crippen LogP contribution in [-0.4, -0.2) is 5.25 Å². The Kier molecular flexibility index (Phi) is 2.84. The zero-order valence-corrected chi connectivity index (χ0v) is 9.60. The van der Waals surface area contributed by atoms with Crippen molar-refractivity contribution in [3.05, 3.63) is 34.9 Å². The second-order valence-corrected chi connectivity index (χ2v) is 5.53. The average Bonchev–Trinajstić information content (AvgIpc) is 2.28. The highest BCUT2D eigenvalue weighted by Gasteiger charge is 2.20. The minimum Gasteiger partial charge on any atom is -0.324 e. The minimum absolute atomic E-state index is 0.231. The summed E-state index contributed by atoms with van der Waals surface area (Å²) in [5.41, 5.74) is 10.4. The maximum atomic E-state index is 6.19. The van der Waals surface area contributed by atoms with Gasteiger partial charge in [-0.2, -0.15) is 11.8 Å². The summed E-state index contributed by atoms with van der Waals surface area (Å²) in [6, 6.07) is 6.72. The molecule has 0 radical (unpaired) electrons. The summed E-state index contributed by atoms with van der Waals surface area (Å²) in [5, 5.41) is 0.678. The summed E-state index contributed by atoms with van der Waals surface area (Å²) < 4.78 is 0. The predicted octanol–water partition coefficient (Wildman–Crippen LogP) is 3.02. The van der Waals surface area contributed by atoms with Crippen LogP contribution in [0.2, 0.25) is 0 Å². The maximum Gasteiger partial charge on any atom is 0.0308 e. The second kappa shape index (κ2) is 3.95. The topological polar surface area (TPSA) is 26.0 Å². The highest BCUT2D eigenvalue weighted by molar-refractivity contribution is 7.99. The van der Waals surface area contributed by atoms with E-state index in [9.17, 15) is 0 Å². The Balaban J connectivity index is 2.43. The van der Waals surface area contributed by atoms with Crippen molar-refractivity contribution in [1.82, 2.24) is 0 Å². The molecule has 0 fully saturated rings. The van der Waals surface area contributed by atoms with Crippen molar-refractivity contribution >= 4 is 11.8 Å². The first kappa shape index (κ1) is 10.1. The Morgan fingerprint density at radius 1 is 1.43 bits per heavy atom. The van der Waals surface area contributed by atoms with E-state index in [0.29, 0.717) is 5.25 Å². The van der Waals surface area contributed by atoms with Crippen LogP contribution in [0.25, 0.3) is 0 Å². The number of rotatable bonds is 0. The molecule has 1 aromatic rings. The summed E-state index contributed by atoms with van der Waals surface area (Å²) in [5.74, 6) is 1.12. The number of nitrogens with two attached hydrogens (primary N) is 1. The lowest BCUT2D eigenvalue weighted by Crippen LogP contribution is -2.14. The predicted molar refractivity (Wildman–Crippen MR) is 63.5 cm³/mol. The van der Waals surface area contributed by atoms with Crippen molar-refractivity contribution in [3.63, 3.8) is 0 Å². The maximum absolute atomic E-state index is 6.19. The molecule has 0 saturated carbocycles. The van der Waals surface area contributed by atoms with E-state index in [1.54, 1.807) is 0 Å². The first-order valence-electron chi connectivity index (χ1n) is 5.14. The van der Waals surface area contributed by atoms with E-state index in [0.717, 1.165) is 12.2 Å². The van der Waals surface area contributed by atoms with Gasteiger partial charge in [-0.3, -0.25) is 0 Å². The lowest BCUT2D eigenvalue weighted by Gasteiger charge is -2.14. The smallest absolute Gasteiger partial charge is 0.0308 e. The molecule has 0 saturated heterocycles. The van der Waals surface area contributed by atoms with Crippen LogP contribution >= 0.6 is 11.8 Å². The van der Waals surface area contributed by atoms with Gasteiger partial charge in [0.05, 0.1) is 0 Å². The first-order chi connectivity index (χ1) is 6.68. The molecule has 76 valence electrons. The highest BCUT2D eigenvalue weighted by Crippen LogP contribution is 2.34. The molecule has 1 aliphatic rings. The quantitative estimate of drug-likeness (QED) is 0.707. The second-order valence-electron chi connectivity index (χ2n) is 4.11. The zero-order chi connectivity index (χ0) is 10.1. The molecule has 0 bridgehead atoms. The standard InChI is InChI=1S/C12H17NS/c1-8-4-3-5-10-11(8)7-14-9(2)6-12(10)13/h3-5,9,12H,6-7,13H2,1-2H3/t9?,12-/m1/s1. The van der Waals surface area contributed by atoms with E-state index in [-0.39, 0.29) is 6.04 Å². The van der Waals surface area contributed by atoms with Crippen LogP contribution in [0.15, 0.2) is 18.2 Å². The molecule has 1 nitrogen and oxygen atoms in total. The fourth-order valence-electron chi connectivity index (χ4n) is 2.05. The van der Waals surface area contributed by atoms with Gasteiger partial charge in [0.15, 0.2) is 0 Å². The lowest BCUT2D eigenvalue weighted by molar-refractivity contribution is 0.650. The van der Waals surface area contributed by atoms with Crippen LogP contribution in [0.5, 0.6) is 0 Å². The van der Waals surface area contributed by atoms with Gasteiger partial charge in [0, 0.05) is 17.0 Å². The molecule has 0 amide bonds. The fourth-order valence-corrected chi connectivity index (χ4v) is 3.24. The largest absolute Gasteiger partial charge is 0.324 e. The Bertz CT molecular complexity index is 335. The van der Waals surface area contributed by atoms with E-state index in [4.69, 9.17) is 5.73 Å². The third-order valence-corrected chi connectivity index (χ3v) is 4.16. The van der Waals surface area contributed by atoms with Gasteiger partial charge in [-0.1, -0.05) is 25.1 Å². The van der Waals surface area contributed by atoms with Crippen LogP contribution in [0.3, 0.4) is 0 Å².